The summed E-state index contributed by atoms with van der Waals surface area (Å²) < 4.78 is 2.16. The van der Waals surface area contributed by atoms with Crippen molar-refractivity contribution in [2.75, 3.05) is 13.1 Å². The van der Waals surface area contributed by atoms with Crippen LogP contribution < -0.4 is 0 Å². The molecular formula is C14H14BrN5O3. The standard InChI is InChI=1S/C14H14BrN5O3/c15-9-4-16-13-17-10(18-20(13)6-9)11(21)19-5-8-2-1-3-14(8,7-19)12(22)23/h4,6,8H,1-3,5,7H2,(H,22,23)/t8-,14+/m0/s1. The van der Waals surface area contributed by atoms with E-state index in [0.717, 1.165) is 17.3 Å². The van der Waals surface area contributed by atoms with Crippen LogP contribution in [0, 0.1) is 11.3 Å². The van der Waals surface area contributed by atoms with Gasteiger partial charge in [0.25, 0.3) is 11.7 Å². The highest BCUT2D eigenvalue weighted by molar-refractivity contribution is 9.10. The molecule has 1 aliphatic heterocycles. The fraction of sp³-hybridized carbons (Fsp3) is 0.500. The van der Waals surface area contributed by atoms with Gasteiger partial charge in [0, 0.05) is 25.5 Å². The molecular weight excluding hydrogens is 366 g/mol. The van der Waals surface area contributed by atoms with Crippen LogP contribution in [0.5, 0.6) is 0 Å². The van der Waals surface area contributed by atoms with Gasteiger partial charge in [-0.15, -0.1) is 5.10 Å². The van der Waals surface area contributed by atoms with Gasteiger partial charge in [0.1, 0.15) is 0 Å². The molecule has 3 heterocycles. The Labute approximate surface area is 139 Å². The molecule has 1 aliphatic carbocycles. The number of aliphatic carboxylic acids is 1. The summed E-state index contributed by atoms with van der Waals surface area (Å²) in [5, 5.41) is 13.8. The molecule has 1 saturated heterocycles. The smallest absolute Gasteiger partial charge is 0.311 e. The first-order chi connectivity index (χ1) is 11.0. The van der Waals surface area contributed by atoms with Crippen molar-refractivity contribution in [2.45, 2.75) is 19.3 Å². The van der Waals surface area contributed by atoms with Crippen LogP contribution in [0.25, 0.3) is 5.78 Å². The van der Waals surface area contributed by atoms with Crippen LogP contribution in [-0.2, 0) is 4.79 Å². The number of nitrogens with zero attached hydrogens (tertiary/aromatic N) is 5. The summed E-state index contributed by atoms with van der Waals surface area (Å²) in [5.74, 6) is -0.723. The minimum absolute atomic E-state index is 0.0215. The lowest BCUT2D eigenvalue weighted by atomic mass is 9.81. The average Bonchev–Trinajstić information content (AvgIpc) is 3.17. The molecule has 0 aromatic carbocycles. The van der Waals surface area contributed by atoms with Crippen molar-refractivity contribution in [2.24, 2.45) is 11.3 Å². The predicted octanol–water partition coefficient (Wildman–Crippen LogP) is 1.21. The number of likely N-dealkylation sites (tertiary alicyclic amines) is 1. The third kappa shape index (κ3) is 2.13. The van der Waals surface area contributed by atoms with Crippen LogP contribution in [0.2, 0.25) is 0 Å². The van der Waals surface area contributed by atoms with Gasteiger partial charge in [-0.3, -0.25) is 9.59 Å². The zero-order valence-corrected chi connectivity index (χ0v) is 13.7. The van der Waals surface area contributed by atoms with Crippen LogP contribution >= 0.6 is 15.9 Å². The van der Waals surface area contributed by atoms with Crippen LogP contribution in [0.4, 0.5) is 0 Å². The summed E-state index contributed by atoms with van der Waals surface area (Å²) in [6.07, 6.45) is 5.64. The topological polar surface area (TPSA) is 101 Å². The number of fused-ring (bicyclic) bond motifs is 2. The number of hydrogen-bond donors (Lipinski definition) is 1. The SMILES string of the molecule is O=C(c1nc2ncc(Br)cn2n1)N1C[C@@H]2CCC[C@@]2(C(=O)O)C1. The van der Waals surface area contributed by atoms with E-state index in [2.05, 4.69) is 31.0 Å². The second kappa shape index (κ2) is 4.98. The maximum absolute atomic E-state index is 12.7. The number of carbonyl (C=O) groups is 2. The van der Waals surface area contributed by atoms with E-state index in [9.17, 15) is 14.7 Å². The number of halogens is 1. The number of carboxylic acids is 1. The highest BCUT2D eigenvalue weighted by Crippen LogP contribution is 2.49. The second-order valence-corrected chi connectivity index (χ2v) is 7.10. The van der Waals surface area contributed by atoms with E-state index in [0.29, 0.717) is 18.7 Å². The second-order valence-electron chi connectivity index (χ2n) is 6.19. The summed E-state index contributed by atoms with van der Waals surface area (Å²) in [7, 11) is 0. The molecule has 2 fully saturated rings. The lowest BCUT2D eigenvalue weighted by Gasteiger charge is -2.22. The number of carbonyl (C=O) groups excluding carboxylic acids is 1. The van der Waals surface area contributed by atoms with E-state index in [1.807, 2.05) is 0 Å². The number of amides is 1. The average molecular weight is 380 g/mol. The van der Waals surface area contributed by atoms with E-state index in [-0.39, 0.29) is 24.2 Å². The van der Waals surface area contributed by atoms with Gasteiger partial charge in [-0.2, -0.15) is 4.98 Å². The maximum Gasteiger partial charge on any atom is 0.311 e. The summed E-state index contributed by atoms with van der Waals surface area (Å²) in [5.41, 5.74) is -0.796. The Morgan fingerprint density at radius 2 is 2.26 bits per heavy atom. The van der Waals surface area contributed by atoms with Gasteiger partial charge in [-0.05, 0) is 34.7 Å². The van der Waals surface area contributed by atoms with Crippen molar-refractivity contribution in [3.63, 3.8) is 0 Å². The number of hydrogen-bond acceptors (Lipinski definition) is 5. The van der Waals surface area contributed by atoms with Crippen LogP contribution in [-0.4, -0.2) is 54.6 Å². The minimum atomic E-state index is -0.802. The lowest BCUT2D eigenvalue weighted by Crippen LogP contribution is -2.37. The third-order valence-corrected chi connectivity index (χ3v) is 5.35. The summed E-state index contributed by atoms with van der Waals surface area (Å²) in [6, 6.07) is 0. The normalized spacial score (nSPS) is 26.7. The Bertz CT molecular complexity index is 822. The summed E-state index contributed by atoms with van der Waals surface area (Å²) in [6.45, 7) is 0.691. The van der Waals surface area contributed by atoms with Gasteiger partial charge in [0.05, 0.1) is 9.89 Å². The molecule has 4 rings (SSSR count). The largest absolute Gasteiger partial charge is 0.481 e. The van der Waals surface area contributed by atoms with Gasteiger partial charge in [0.2, 0.25) is 5.82 Å². The lowest BCUT2D eigenvalue weighted by molar-refractivity contribution is -0.149. The third-order valence-electron chi connectivity index (χ3n) is 4.94. The van der Waals surface area contributed by atoms with Gasteiger partial charge in [-0.25, -0.2) is 9.50 Å². The van der Waals surface area contributed by atoms with Crippen LogP contribution in [0.15, 0.2) is 16.9 Å². The first-order valence-electron chi connectivity index (χ1n) is 7.40. The molecule has 0 unspecified atom stereocenters. The predicted molar refractivity (Wildman–Crippen MR) is 81.8 cm³/mol. The van der Waals surface area contributed by atoms with Crippen LogP contribution in [0.1, 0.15) is 29.9 Å². The monoisotopic (exact) mass is 379 g/mol. The van der Waals surface area contributed by atoms with Gasteiger partial charge >= 0.3 is 5.97 Å². The van der Waals surface area contributed by atoms with Crippen molar-refractivity contribution >= 4 is 33.6 Å². The Hall–Kier alpha value is -2.03. The molecule has 2 aromatic heterocycles. The maximum atomic E-state index is 12.7. The molecule has 2 aromatic rings. The molecule has 0 spiro atoms. The quantitative estimate of drug-likeness (QED) is 0.841. The molecule has 0 radical (unpaired) electrons. The number of aromatic nitrogens is 4. The van der Waals surface area contributed by atoms with E-state index in [1.54, 1.807) is 17.3 Å². The summed E-state index contributed by atoms with van der Waals surface area (Å²) in [4.78, 5) is 34.2. The minimum Gasteiger partial charge on any atom is -0.481 e. The van der Waals surface area contributed by atoms with Crippen molar-refractivity contribution in [3.05, 3.63) is 22.7 Å². The summed E-state index contributed by atoms with van der Waals surface area (Å²) >= 11 is 3.29. The van der Waals surface area contributed by atoms with Crippen molar-refractivity contribution in [1.82, 2.24) is 24.5 Å². The highest BCUT2D eigenvalue weighted by Gasteiger charge is 2.56. The Kier molecular flexibility index (Phi) is 3.15. The van der Waals surface area contributed by atoms with Gasteiger partial charge < -0.3 is 10.0 Å². The van der Waals surface area contributed by atoms with Crippen molar-refractivity contribution in [1.29, 1.82) is 0 Å². The van der Waals surface area contributed by atoms with Crippen molar-refractivity contribution in [3.8, 4) is 0 Å². The zero-order valence-electron chi connectivity index (χ0n) is 12.1. The van der Waals surface area contributed by atoms with Gasteiger partial charge in [0.15, 0.2) is 0 Å². The van der Waals surface area contributed by atoms with Crippen molar-refractivity contribution < 1.29 is 14.7 Å². The molecule has 0 bridgehead atoms. The molecule has 1 saturated carbocycles. The fourth-order valence-electron chi connectivity index (χ4n) is 3.78. The molecule has 23 heavy (non-hydrogen) atoms. The zero-order chi connectivity index (χ0) is 16.2. The van der Waals surface area contributed by atoms with E-state index >= 15 is 0 Å². The number of carboxylic acid groups (broad SMARTS) is 1. The molecule has 120 valence electrons. The Morgan fingerprint density at radius 3 is 3.00 bits per heavy atom. The molecule has 2 aliphatic rings. The molecule has 9 heteroatoms. The van der Waals surface area contributed by atoms with E-state index in [1.165, 1.54) is 4.52 Å². The Balaban J connectivity index is 1.63. The fourth-order valence-corrected chi connectivity index (χ4v) is 4.08. The van der Waals surface area contributed by atoms with E-state index < -0.39 is 11.4 Å². The molecule has 1 N–H and O–H groups in total. The molecule has 2 atom stereocenters. The molecule has 1 amide bonds. The van der Waals surface area contributed by atoms with Crippen LogP contribution in [0.3, 0.4) is 0 Å². The van der Waals surface area contributed by atoms with Gasteiger partial charge in [-0.1, -0.05) is 6.42 Å². The number of rotatable bonds is 2. The molecule has 8 nitrogen and oxygen atoms in total. The van der Waals surface area contributed by atoms with E-state index in [4.69, 9.17) is 0 Å². The Morgan fingerprint density at radius 1 is 1.43 bits per heavy atom. The first-order valence-corrected chi connectivity index (χ1v) is 8.19. The highest BCUT2D eigenvalue weighted by atomic mass is 79.9. The first kappa shape index (κ1) is 14.6.